The first-order chi connectivity index (χ1) is 6.83. The van der Waals surface area contributed by atoms with Gasteiger partial charge in [0, 0.05) is 12.1 Å². The summed E-state index contributed by atoms with van der Waals surface area (Å²) in [7, 11) is 0. The van der Waals surface area contributed by atoms with E-state index in [9.17, 15) is 5.11 Å². The highest BCUT2D eigenvalue weighted by Crippen LogP contribution is 2.30. The van der Waals surface area contributed by atoms with Crippen LogP contribution in [0.25, 0.3) is 0 Å². The zero-order chi connectivity index (χ0) is 9.97. The molecule has 1 N–H and O–H groups in total. The molecule has 2 heteroatoms. The van der Waals surface area contributed by atoms with Crippen LogP contribution in [-0.2, 0) is 0 Å². The minimum absolute atomic E-state index is 0.0397. The summed E-state index contributed by atoms with van der Waals surface area (Å²) in [6.07, 6.45) is 8.75. The Balaban J connectivity index is 1.99. The van der Waals surface area contributed by atoms with E-state index in [4.69, 9.17) is 0 Å². The number of aliphatic hydroxyl groups is 1. The molecule has 0 bridgehead atoms. The van der Waals surface area contributed by atoms with E-state index in [2.05, 4.69) is 11.8 Å². The largest absolute Gasteiger partial charge is 0.391 e. The number of rotatable bonds is 2. The molecule has 1 heterocycles. The van der Waals surface area contributed by atoms with Gasteiger partial charge in [-0.2, -0.15) is 0 Å². The molecule has 0 aromatic heterocycles. The summed E-state index contributed by atoms with van der Waals surface area (Å²) >= 11 is 0. The average molecular weight is 197 g/mol. The first kappa shape index (κ1) is 10.4. The van der Waals surface area contributed by atoms with E-state index >= 15 is 0 Å². The van der Waals surface area contributed by atoms with E-state index in [1.165, 1.54) is 45.1 Å². The van der Waals surface area contributed by atoms with E-state index in [1.807, 2.05) is 0 Å². The van der Waals surface area contributed by atoms with Crippen molar-refractivity contribution in [3.63, 3.8) is 0 Å². The van der Waals surface area contributed by atoms with Crippen LogP contribution in [0.4, 0.5) is 0 Å². The summed E-state index contributed by atoms with van der Waals surface area (Å²) in [4.78, 5) is 2.60. The third kappa shape index (κ3) is 1.96. The molecule has 1 aliphatic heterocycles. The molecule has 3 unspecified atom stereocenters. The van der Waals surface area contributed by atoms with Gasteiger partial charge in [-0.15, -0.1) is 0 Å². The standard InChI is InChI=1S/C12H23NO/c1-2-10-6-3-4-9-13(10)11-7-5-8-12(11)14/h10-12,14H,2-9H2,1H3. The third-order valence-corrected chi connectivity index (χ3v) is 4.01. The van der Waals surface area contributed by atoms with Crippen LogP contribution in [0, 0.1) is 0 Å². The van der Waals surface area contributed by atoms with Crippen molar-refractivity contribution in [2.24, 2.45) is 0 Å². The lowest BCUT2D eigenvalue weighted by Gasteiger charge is -2.40. The molecule has 0 aromatic carbocycles. The second-order valence-corrected chi connectivity index (χ2v) is 4.86. The summed E-state index contributed by atoms with van der Waals surface area (Å²) in [5.74, 6) is 0. The number of likely N-dealkylation sites (tertiary alicyclic amines) is 1. The van der Waals surface area contributed by atoms with Crippen molar-refractivity contribution in [2.75, 3.05) is 6.54 Å². The van der Waals surface area contributed by atoms with E-state index in [-0.39, 0.29) is 6.10 Å². The summed E-state index contributed by atoms with van der Waals surface area (Å²) < 4.78 is 0. The van der Waals surface area contributed by atoms with Crippen LogP contribution in [0.2, 0.25) is 0 Å². The van der Waals surface area contributed by atoms with Crippen LogP contribution in [0.15, 0.2) is 0 Å². The van der Waals surface area contributed by atoms with E-state index in [0.29, 0.717) is 6.04 Å². The van der Waals surface area contributed by atoms with Gasteiger partial charge in [-0.05, 0) is 45.1 Å². The van der Waals surface area contributed by atoms with Crippen LogP contribution in [-0.4, -0.2) is 34.7 Å². The molecule has 2 fully saturated rings. The fraction of sp³-hybridized carbons (Fsp3) is 1.00. The van der Waals surface area contributed by atoms with E-state index in [0.717, 1.165) is 12.5 Å². The van der Waals surface area contributed by atoms with Gasteiger partial charge in [-0.25, -0.2) is 0 Å². The summed E-state index contributed by atoms with van der Waals surface area (Å²) in [5, 5.41) is 9.91. The minimum Gasteiger partial charge on any atom is -0.391 e. The fourth-order valence-electron chi connectivity index (χ4n) is 3.21. The maximum Gasteiger partial charge on any atom is 0.0695 e. The van der Waals surface area contributed by atoms with Crippen LogP contribution in [0.3, 0.4) is 0 Å². The first-order valence-corrected chi connectivity index (χ1v) is 6.26. The Bertz CT molecular complexity index is 183. The fourth-order valence-corrected chi connectivity index (χ4v) is 3.21. The molecule has 0 radical (unpaired) electrons. The maximum atomic E-state index is 9.91. The molecule has 82 valence electrons. The van der Waals surface area contributed by atoms with Crippen molar-refractivity contribution in [2.45, 2.75) is 70.1 Å². The summed E-state index contributed by atoms with van der Waals surface area (Å²) in [6.45, 7) is 3.50. The predicted octanol–water partition coefficient (Wildman–Crippen LogP) is 2.16. The Kier molecular flexibility index (Phi) is 3.45. The zero-order valence-corrected chi connectivity index (χ0v) is 9.28. The van der Waals surface area contributed by atoms with Crippen LogP contribution in [0.5, 0.6) is 0 Å². The Morgan fingerprint density at radius 3 is 2.64 bits per heavy atom. The lowest BCUT2D eigenvalue weighted by Crippen LogP contribution is -2.49. The zero-order valence-electron chi connectivity index (χ0n) is 9.28. The monoisotopic (exact) mass is 197 g/mol. The molecule has 2 nitrogen and oxygen atoms in total. The van der Waals surface area contributed by atoms with Gasteiger partial charge in [-0.3, -0.25) is 4.90 Å². The molecular weight excluding hydrogens is 174 g/mol. The van der Waals surface area contributed by atoms with Crippen molar-refractivity contribution in [3.8, 4) is 0 Å². The van der Waals surface area contributed by atoms with Gasteiger partial charge in [0.05, 0.1) is 6.10 Å². The van der Waals surface area contributed by atoms with E-state index < -0.39 is 0 Å². The molecule has 0 amide bonds. The molecule has 2 rings (SSSR count). The van der Waals surface area contributed by atoms with Crippen LogP contribution >= 0.6 is 0 Å². The lowest BCUT2D eigenvalue weighted by molar-refractivity contribution is 0.0237. The quantitative estimate of drug-likeness (QED) is 0.733. The molecule has 1 aliphatic carbocycles. The highest BCUT2D eigenvalue weighted by Gasteiger charge is 2.34. The number of nitrogens with zero attached hydrogens (tertiary/aromatic N) is 1. The Labute approximate surface area is 87.3 Å². The number of piperidine rings is 1. The molecule has 0 spiro atoms. The van der Waals surface area contributed by atoms with Gasteiger partial charge in [0.25, 0.3) is 0 Å². The van der Waals surface area contributed by atoms with Gasteiger partial charge in [0.15, 0.2) is 0 Å². The highest BCUT2D eigenvalue weighted by molar-refractivity contribution is 4.90. The predicted molar refractivity (Wildman–Crippen MR) is 58.3 cm³/mol. The van der Waals surface area contributed by atoms with Gasteiger partial charge < -0.3 is 5.11 Å². The maximum absolute atomic E-state index is 9.91. The lowest BCUT2D eigenvalue weighted by atomic mass is 9.97. The van der Waals surface area contributed by atoms with Gasteiger partial charge >= 0.3 is 0 Å². The minimum atomic E-state index is -0.0397. The van der Waals surface area contributed by atoms with Crippen molar-refractivity contribution in [1.82, 2.24) is 4.90 Å². The molecule has 2 aliphatic rings. The highest BCUT2D eigenvalue weighted by atomic mass is 16.3. The molecule has 0 aromatic rings. The first-order valence-electron chi connectivity index (χ1n) is 6.26. The molecular formula is C12H23NO. The molecule has 1 saturated heterocycles. The Morgan fingerprint density at radius 2 is 2.00 bits per heavy atom. The van der Waals surface area contributed by atoms with Gasteiger partial charge in [0.2, 0.25) is 0 Å². The number of aliphatic hydroxyl groups excluding tert-OH is 1. The number of hydrogen-bond donors (Lipinski definition) is 1. The van der Waals surface area contributed by atoms with Crippen LogP contribution in [0.1, 0.15) is 51.9 Å². The third-order valence-electron chi connectivity index (χ3n) is 4.01. The second-order valence-electron chi connectivity index (χ2n) is 4.86. The summed E-state index contributed by atoms with van der Waals surface area (Å²) in [5.41, 5.74) is 0. The normalized spacial score (nSPS) is 40.3. The molecule has 3 atom stereocenters. The molecule has 14 heavy (non-hydrogen) atoms. The van der Waals surface area contributed by atoms with Crippen molar-refractivity contribution in [1.29, 1.82) is 0 Å². The van der Waals surface area contributed by atoms with E-state index in [1.54, 1.807) is 0 Å². The van der Waals surface area contributed by atoms with Gasteiger partial charge in [0.1, 0.15) is 0 Å². The SMILES string of the molecule is CCC1CCCCN1C1CCCC1O. The van der Waals surface area contributed by atoms with Crippen LogP contribution < -0.4 is 0 Å². The smallest absolute Gasteiger partial charge is 0.0695 e. The Morgan fingerprint density at radius 1 is 1.14 bits per heavy atom. The molecule has 1 saturated carbocycles. The van der Waals surface area contributed by atoms with Gasteiger partial charge in [-0.1, -0.05) is 13.3 Å². The summed E-state index contributed by atoms with van der Waals surface area (Å²) in [6, 6.07) is 1.24. The average Bonchev–Trinajstić information content (AvgIpc) is 2.64. The van der Waals surface area contributed by atoms with Crippen molar-refractivity contribution in [3.05, 3.63) is 0 Å². The second kappa shape index (κ2) is 4.63. The number of hydrogen-bond acceptors (Lipinski definition) is 2. The van der Waals surface area contributed by atoms with Crippen molar-refractivity contribution < 1.29 is 5.11 Å². The van der Waals surface area contributed by atoms with Crippen molar-refractivity contribution >= 4 is 0 Å². The topological polar surface area (TPSA) is 23.5 Å². The Hall–Kier alpha value is -0.0800.